The van der Waals surface area contributed by atoms with Crippen molar-refractivity contribution < 1.29 is 24.2 Å². The predicted molar refractivity (Wildman–Crippen MR) is 130 cm³/mol. The molecule has 1 aliphatic carbocycles. The number of rotatable bonds is 8. The van der Waals surface area contributed by atoms with Gasteiger partial charge in [-0.15, -0.1) is 0 Å². The molecule has 9 nitrogen and oxygen atoms in total. The van der Waals surface area contributed by atoms with Crippen molar-refractivity contribution in [3.63, 3.8) is 0 Å². The monoisotopic (exact) mass is 476 g/mol. The number of anilines is 1. The van der Waals surface area contributed by atoms with Crippen molar-refractivity contribution in [2.24, 2.45) is 13.0 Å². The van der Waals surface area contributed by atoms with Crippen molar-refractivity contribution in [2.75, 3.05) is 11.9 Å². The maximum absolute atomic E-state index is 12.8. The number of carbonyl (C=O) groups excluding carboxylic acids is 2. The van der Waals surface area contributed by atoms with E-state index < -0.39 is 24.0 Å². The van der Waals surface area contributed by atoms with Crippen molar-refractivity contribution in [1.29, 1.82) is 0 Å². The fourth-order valence-electron chi connectivity index (χ4n) is 4.37. The smallest absolute Gasteiger partial charge is 0.411 e. The number of ether oxygens (including phenoxy) is 1. The van der Waals surface area contributed by atoms with Crippen LogP contribution in [0.1, 0.15) is 47.8 Å². The topological polar surface area (TPSA) is 123 Å². The van der Waals surface area contributed by atoms with E-state index in [0.29, 0.717) is 0 Å². The summed E-state index contributed by atoms with van der Waals surface area (Å²) >= 11 is 0. The summed E-state index contributed by atoms with van der Waals surface area (Å²) in [6.07, 6.45) is 0.573. The van der Waals surface area contributed by atoms with Gasteiger partial charge in [0.2, 0.25) is 0 Å². The first kappa shape index (κ1) is 24.0. The summed E-state index contributed by atoms with van der Waals surface area (Å²) in [5.74, 6) is -1.77. The molecule has 1 aromatic heterocycles. The van der Waals surface area contributed by atoms with E-state index in [2.05, 4.69) is 27.9 Å². The van der Waals surface area contributed by atoms with E-state index in [1.54, 1.807) is 7.05 Å². The minimum absolute atomic E-state index is 0.0166. The van der Waals surface area contributed by atoms with Crippen molar-refractivity contribution in [2.45, 2.75) is 32.2 Å². The van der Waals surface area contributed by atoms with E-state index in [1.807, 2.05) is 50.2 Å². The first-order chi connectivity index (χ1) is 16.7. The summed E-state index contributed by atoms with van der Waals surface area (Å²) in [6.45, 7) is 3.78. The number of aliphatic carboxylic acids is 1. The molecule has 2 aromatic carbocycles. The molecule has 182 valence electrons. The van der Waals surface area contributed by atoms with Crippen LogP contribution in [0.3, 0.4) is 0 Å². The van der Waals surface area contributed by atoms with Gasteiger partial charge in [-0.3, -0.25) is 19.6 Å². The van der Waals surface area contributed by atoms with Crippen molar-refractivity contribution >= 4 is 23.7 Å². The summed E-state index contributed by atoms with van der Waals surface area (Å²) in [4.78, 5) is 36.6. The van der Waals surface area contributed by atoms with Gasteiger partial charge in [0.15, 0.2) is 5.69 Å². The number of carboxylic acids is 1. The molecule has 0 saturated carbocycles. The quantitative estimate of drug-likeness (QED) is 0.452. The van der Waals surface area contributed by atoms with Crippen LogP contribution in [-0.2, 0) is 16.6 Å². The van der Waals surface area contributed by atoms with E-state index in [-0.39, 0.29) is 36.2 Å². The summed E-state index contributed by atoms with van der Waals surface area (Å²) < 4.78 is 6.96. The molecular formula is C26H28N4O5. The Hall–Kier alpha value is -4.14. The molecule has 4 rings (SSSR count). The van der Waals surface area contributed by atoms with E-state index in [1.165, 1.54) is 10.9 Å². The third kappa shape index (κ3) is 5.18. The Balaban J connectivity index is 1.44. The zero-order chi connectivity index (χ0) is 25.1. The average molecular weight is 477 g/mol. The highest BCUT2D eigenvalue weighted by atomic mass is 16.5. The molecule has 1 unspecified atom stereocenters. The molecule has 0 bridgehead atoms. The van der Waals surface area contributed by atoms with Crippen molar-refractivity contribution in [3.05, 3.63) is 71.5 Å². The number of hydrogen-bond donors (Lipinski definition) is 3. The zero-order valence-corrected chi connectivity index (χ0v) is 19.8. The minimum Gasteiger partial charge on any atom is -0.481 e. The van der Waals surface area contributed by atoms with Crippen LogP contribution in [0.5, 0.6) is 0 Å². The molecule has 0 radical (unpaired) electrons. The van der Waals surface area contributed by atoms with Crippen LogP contribution in [0.25, 0.3) is 11.1 Å². The van der Waals surface area contributed by atoms with Crippen LogP contribution in [-0.4, -0.2) is 45.5 Å². The summed E-state index contributed by atoms with van der Waals surface area (Å²) in [6, 6.07) is 15.5. The van der Waals surface area contributed by atoms with E-state index in [9.17, 15) is 14.4 Å². The minimum atomic E-state index is -1.01. The molecule has 2 amide bonds. The molecular weight excluding hydrogens is 448 g/mol. The molecule has 0 spiro atoms. The molecule has 3 N–H and O–H groups in total. The molecule has 35 heavy (non-hydrogen) atoms. The van der Waals surface area contributed by atoms with Gasteiger partial charge in [0, 0.05) is 25.2 Å². The second-order valence-corrected chi connectivity index (χ2v) is 8.94. The van der Waals surface area contributed by atoms with Gasteiger partial charge >= 0.3 is 12.1 Å². The van der Waals surface area contributed by atoms with Crippen LogP contribution in [0.2, 0.25) is 0 Å². The Morgan fingerprint density at radius 3 is 2.23 bits per heavy atom. The molecule has 1 aliphatic rings. The fourth-order valence-corrected chi connectivity index (χ4v) is 4.37. The number of carbonyl (C=O) groups is 3. The molecule has 1 heterocycles. The fraction of sp³-hybridized carbons (Fsp3) is 0.308. The van der Waals surface area contributed by atoms with E-state index >= 15 is 0 Å². The number of fused-ring (bicyclic) bond motifs is 3. The van der Waals surface area contributed by atoms with Crippen molar-refractivity contribution in [3.8, 4) is 11.1 Å². The third-order valence-corrected chi connectivity index (χ3v) is 6.14. The van der Waals surface area contributed by atoms with Crippen LogP contribution in [0.4, 0.5) is 10.5 Å². The number of hydrogen-bond acceptors (Lipinski definition) is 5. The van der Waals surface area contributed by atoms with Gasteiger partial charge in [0.05, 0.1) is 12.1 Å². The first-order valence-corrected chi connectivity index (χ1v) is 11.4. The predicted octanol–water partition coefficient (Wildman–Crippen LogP) is 4.01. The summed E-state index contributed by atoms with van der Waals surface area (Å²) in [5.41, 5.74) is 4.62. The number of nitrogens with zero attached hydrogens (tertiary/aromatic N) is 2. The lowest BCUT2D eigenvalue weighted by atomic mass is 9.98. The molecule has 1 atom stereocenters. The third-order valence-electron chi connectivity index (χ3n) is 6.14. The SMILES string of the molecule is CC(C)C(CC(=O)O)NC(=O)c1nn(C)cc1NC(=O)OCC1c2ccccc2-c2ccccc21. The first-order valence-electron chi connectivity index (χ1n) is 11.4. The Bertz CT molecular complexity index is 1220. The van der Waals surface area contributed by atoms with Gasteiger partial charge in [-0.1, -0.05) is 62.4 Å². The Morgan fingerprint density at radius 1 is 1.06 bits per heavy atom. The largest absolute Gasteiger partial charge is 0.481 e. The lowest BCUT2D eigenvalue weighted by molar-refractivity contribution is -0.137. The Labute approximate surface area is 203 Å². The van der Waals surface area contributed by atoms with Gasteiger partial charge in [-0.05, 0) is 28.2 Å². The van der Waals surface area contributed by atoms with Gasteiger partial charge in [0.25, 0.3) is 5.91 Å². The molecule has 0 fully saturated rings. The lowest BCUT2D eigenvalue weighted by Crippen LogP contribution is -2.40. The average Bonchev–Trinajstić information content (AvgIpc) is 3.34. The van der Waals surface area contributed by atoms with Gasteiger partial charge < -0.3 is 15.2 Å². The van der Waals surface area contributed by atoms with E-state index in [4.69, 9.17) is 9.84 Å². The number of aryl methyl sites for hydroxylation is 1. The zero-order valence-electron chi connectivity index (χ0n) is 19.8. The Kier molecular flexibility index (Phi) is 6.86. The van der Waals surface area contributed by atoms with Crippen LogP contribution >= 0.6 is 0 Å². The van der Waals surface area contributed by atoms with Crippen molar-refractivity contribution in [1.82, 2.24) is 15.1 Å². The van der Waals surface area contributed by atoms with Crippen LogP contribution in [0, 0.1) is 5.92 Å². The molecule has 9 heteroatoms. The highest BCUT2D eigenvalue weighted by Gasteiger charge is 2.29. The highest BCUT2D eigenvalue weighted by molar-refractivity contribution is 6.01. The van der Waals surface area contributed by atoms with Gasteiger partial charge in [0.1, 0.15) is 6.61 Å². The van der Waals surface area contributed by atoms with E-state index in [0.717, 1.165) is 22.3 Å². The number of nitrogens with one attached hydrogen (secondary N) is 2. The Morgan fingerprint density at radius 2 is 1.66 bits per heavy atom. The highest BCUT2D eigenvalue weighted by Crippen LogP contribution is 2.44. The second kappa shape index (κ2) is 10.0. The standard InChI is InChI=1S/C26H28N4O5/c1-15(2)21(12-23(31)32)27-25(33)24-22(13-30(3)29-24)28-26(34)35-14-20-18-10-6-4-8-16(18)17-9-5-7-11-19(17)20/h4-11,13,15,20-21H,12,14H2,1-3H3,(H,27,33)(H,28,34)(H,31,32). The van der Waals surface area contributed by atoms with Crippen LogP contribution < -0.4 is 10.6 Å². The van der Waals surface area contributed by atoms with Gasteiger partial charge in [-0.2, -0.15) is 5.10 Å². The summed E-state index contributed by atoms with van der Waals surface area (Å²) in [7, 11) is 1.62. The normalized spacial score (nSPS) is 13.1. The molecule has 3 aromatic rings. The second-order valence-electron chi connectivity index (χ2n) is 8.94. The van der Waals surface area contributed by atoms with Crippen LogP contribution in [0.15, 0.2) is 54.7 Å². The van der Waals surface area contributed by atoms with Gasteiger partial charge in [-0.25, -0.2) is 4.79 Å². The lowest BCUT2D eigenvalue weighted by Gasteiger charge is -2.20. The number of benzene rings is 2. The number of amides is 2. The summed E-state index contributed by atoms with van der Waals surface area (Å²) in [5, 5.41) is 18.6. The number of carboxylic acid groups (broad SMARTS) is 1. The maximum atomic E-state index is 12.8. The number of aromatic nitrogens is 2. The molecule has 0 saturated heterocycles. The maximum Gasteiger partial charge on any atom is 0.411 e. The molecule has 0 aliphatic heterocycles.